The number of carbonyl (C=O) groups is 2. The Bertz CT molecular complexity index is 580. The third kappa shape index (κ3) is 1.59. The van der Waals surface area contributed by atoms with Crippen LogP contribution in [-0.4, -0.2) is 17.0 Å². The summed E-state index contributed by atoms with van der Waals surface area (Å²) < 4.78 is 0. The van der Waals surface area contributed by atoms with E-state index in [-0.39, 0.29) is 16.9 Å². The summed E-state index contributed by atoms with van der Waals surface area (Å²) in [6.07, 6.45) is 5.70. The normalized spacial score (nSPS) is 37.3. The zero-order valence-corrected chi connectivity index (χ0v) is 11.9. The van der Waals surface area contributed by atoms with Gasteiger partial charge in [-0.3, -0.25) is 4.79 Å². The topological polar surface area (TPSA) is 66.4 Å². The Morgan fingerprint density at radius 2 is 1.95 bits per heavy atom. The van der Waals surface area contributed by atoms with Crippen LogP contribution in [0.5, 0.6) is 0 Å². The molecule has 2 N–H and O–H groups in total. The van der Waals surface area contributed by atoms with E-state index in [2.05, 4.69) is 5.32 Å². The molecule has 5 heteroatoms. The van der Waals surface area contributed by atoms with Crippen LogP contribution in [0.2, 0.25) is 0 Å². The van der Waals surface area contributed by atoms with Gasteiger partial charge in [0.1, 0.15) is 5.00 Å². The maximum atomic E-state index is 12.8. The first-order chi connectivity index (χ1) is 9.58. The van der Waals surface area contributed by atoms with Crippen LogP contribution in [0.25, 0.3) is 0 Å². The van der Waals surface area contributed by atoms with Crippen molar-refractivity contribution in [3.8, 4) is 0 Å². The van der Waals surface area contributed by atoms with Gasteiger partial charge in [0, 0.05) is 0 Å². The molecule has 4 aliphatic rings. The second-order valence-electron chi connectivity index (χ2n) is 6.62. The number of thiophene rings is 1. The van der Waals surface area contributed by atoms with Crippen molar-refractivity contribution < 1.29 is 14.7 Å². The van der Waals surface area contributed by atoms with Crippen LogP contribution < -0.4 is 5.32 Å². The van der Waals surface area contributed by atoms with E-state index in [0.717, 1.165) is 24.7 Å². The lowest BCUT2D eigenvalue weighted by Crippen LogP contribution is -2.37. The predicted octanol–water partition coefficient (Wildman–Crippen LogP) is 3.21. The van der Waals surface area contributed by atoms with E-state index in [0.29, 0.717) is 10.9 Å². The Balaban J connectivity index is 1.59. The van der Waals surface area contributed by atoms with E-state index in [1.165, 1.54) is 30.6 Å². The summed E-state index contributed by atoms with van der Waals surface area (Å²) in [4.78, 5) is 23.9. The van der Waals surface area contributed by atoms with E-state index < -0.39 is 5.97 Å². The molecule has 1 heterocycles. The molecule has 0 aromatic carbocycles. The Kier molecular flexibility index (Phi) is 2.52. The van der Waals surface area contributed by atoms with Crippen LogP contribution in [0.4, 0.5) is 5.00 Å². The minimum absolute atomic E-state index is 0.0668. The van der Waals surface area contributed by atoms with Gasteiger partial charge in [-0.05, 0) is 61.3 Å². The summed E-state index contributed by atoms with van der Waals surface area (Å²) in [5, 5.41) is 14.2. The molecule has 0 aliphatic heterocycles. The molecule has 3 unspecified atom stereocenters. The Labute approximate surface area is 121 Å². The van der Waals surface area contributed by atoms with Crippen LogP contribution in [-0.2, 0) is 4.79 Å². The fourth-order valence-corrected chi connectivity index (χ4v) is 5.74. The summed E-state index contributed by atoms with van der Waals surface area (Å²) in [7, 11) is 0. The first-order valence-corrected chi connectivity index (χ1v) is 8.09. The van der Waals surface area contributed by atoms with Crippen molar-refractivity contribution in [2.45, 2.75) is 32.1 Å². The van der Waals surface area contributed by atoms with Crippen LogP contribution in [0, 0.1) is 23.2 Å². The maximum absolute atomic E-state index is 12.8. The highest BCUT2D eigenvalue weighted by molar-refractivity contribution is 7.14. The predicted molar refractivity (Wildman–Crippen MR) is 75.9 cm³/mol. The molecule has 0 spiro atoms. The highest BCUT2D eigenvalue weighted by Gasteiger charge is 2.61. The van der Waals surface area contributed by atoms with Gasteiger partial charge in [-0.15, -0.1) is 11.3 Å². The minimum Gasteiger partial charge on any atom is -0.478 e. The third-order valence-electron chi connectivity index (χ3n) is 5.56. The number of carbonyl (C=O) groups excluding carboxylic acids is 1. The Morgan fingerprint density at radius 3 is 2.60 bits per heavy atom. The largest absolute Gasteiger partial charge is 0.478 e. The average Bonchev–Trinajstić information content (AvgIpc) is 3.00. The van der Waals surface area contributed by atoms with Crippen molar-refractivity contribution in [1.82, 2.24) is 0 Å². The Morgan fingerprint density at radius 1 is 1.25 bits per heavy atom. The van der Waals surface area contributed by atoms with Crippen molar-refractivity contribution in [3.05, 3.63) is 17.0 Å². The van der Waals surface area contributed by atoms with Gasteiger partial charge in [-0.2, -0.15) is 0 Å². The summed E-state index contributed by atoms with van der Waals surface area (Å²) in [5.74, 6) is 1.06. The Hall–Kier alpha value is -1.36. The monoisotopic (exact) mass is 291 g/mol. The third-order valence-corrected chi connectivity index (χ3v) is 6.39. The number of carboxylic acids is 1. The molecule has 1 amide bonds. The van der Waals surface area contributed by atoms with E-state index in [1.54, 1.807) is 11.4 Å². The van der Waals surface area contributed by atoms with Crippen molar-refractivity contribution in [1.29, 1.82) is 0 Å². The van der Waals surface area contributed by atoms with Gasteiger partial charge in [0.05, 0.1) is 11.0 Å². The van der Waals surface area contributed by atoms with E-state index in [1.807, 2.05) is 0 Å². The van der Waals surface area contributed by atoms with Crippen LogP contribution in [0.1, 0.15) is 42.5 Å². The summed E-state index contributed by atoms with van der Waals surface area (Å²) in [5.41, 5.74) is 0.00493. The lowest BCUT2D eigenvalue weighted by Gasteiger charge is -2.31. The van der Waals surface area contributed by atoms with Crippen LogP contribution in [0.15, 0.2) is 11.4 Å². The molecule has 4 nitrogen and oxygen atoms in total. The van der Waals surface area contributed by atoms with Crippen molar-refractivity contribution in [3.63, 3.8) is 0 Å². The number of rotatable bonds is 3. The molecule has 5 rings (SSSR count). The van der Waals surface area contributed by atoms with E-state index in [9.17, 15) is 9.59 Å². The van der Waals surface area contributed by atoms with Crippen molar-refractivity contribution in [2.75, 3.05) is 5.32 Å². The van der Waals surface area contributed by atoms with E-state index in [4.69, 9.17) is 5.11 Å². The molecule has 0 saturated heterocycles. The number of hydrogen-bond acceptors (Lipinski definition) is 3. The molecule has 1 aromatic rings. The maximum Gasteiger partial charge on any atom is 0.338 e. The first-order valence-electron chi connectivity index (χ1n) is 7.21. The molecule has 1 aromatic heterocycles. The smallest absolute Gasteiger partial charge is 0.338 e. The molecule has 4 aliphatic carbocycles. The summed E-state index contributed by atoms with van der Waals surface area (Å²) in [6, 6.07) is 1.55. The van der Waals surface area contributed by atoms with Crippen LogP contribution >= 0.6 is 11.3 Å². The standard InChI is InChI=1S/C15H17NO3S/c17-13(18)11-1-2-20-12(11)16-14(19)15-6-8-3-9(7-15)5-10(15)4-8/h1-2,8-10H,3-7H2,(H,16,19)(H,17,18)/t8-,9?,10?,15?/m1/s1. The van der Waals surface area contributed by atoms with E-state index >= 15 is 0 Å². The number of carboxylic acid groups (broad SMARTS) is 1. The zero-order chi connectivity index (χ0) is 13.9. The van der Waals surface area contributed by atoms with Crippen molar-refractivity contribution >= 4 is 28.2 Å². The van der Waals surface area contributed by atoms with Gasteiger partial charge in [-0.1, -0.05) is 0 Å². The van der Waals surface area contributed by atoms with Gasteiger partial charge in [0.15, 0.2) is 0 Å². The zero-order valence-electron chi connectivity index (χ0n) is 11.1. The second-order valence-corrected chi connectivity index (χ2v) is 7.54. The molecular formula is C15H17NO3S. The van der Waals surface area contributed by atoms with Crippen molar-refractivity contribution in [2.24, 2.45) is 23.2 Å². The fraction of sp³-hybridized carbons (Fsp3) is 0.600. The minimum atomic E-state index is -0.976. The highest BCUT2D eigenvalue weighted by atomic mass is 32.1. The molecule has 0 radical (unpaired) electrons. The quantitative estimate of drug-likeness (QED) is 0.898. The van der Waals surface area contributed by atoms with Gasteiger partial charge in [0.25, 0.3) is 0 Å². The second kappa shape index (κ2) is 4.07. The molecule has 106 valence electrons. The van der Waals surface area contributed by atoms with Gasteiger partial charge >= 0.3 is 5.97 Å². The molecule has 4 atom stereocenters. The number of nitrogens with one attached hydrogen (secondary N) is 1. The SMILES string of the molecule is O=C(O)c1ccsc1NC(=O)C12CC3CC1C[C@@H](C3)C2. The highest BCUT2D eigenvalue weighted by Crippen LogP contribution is 2.65. The summed E-state index contributed by atoms with van der Waals surface area (Å²) >= 11 is 1.30. The molecule has 20 heavy (non-hydrogen) atoms. The fourth-order valence-electron chi connectivity index (χ4n) is 4.97. The average molecular weight is 291 g/mol. The lowest BCUT2D eigenvalue weighted by molar-refractivity contribution is -0.127. The number of amides is 1. The molecule has 4 saturated carbocycles. The number of anilines is 1. The summed E-state index contributed by atoms with van der Waals surface area (Å²) in [6.45, 7) is 0. The number of aromatic carboxylic acids is 1. The molecule has 4 bridgehead atoms. The van der Waals surface area contributed by atoms with Gasteiger partial charge < -0.3 is 10.4 Å². The van der Waals surface area contributed by atoms with Gasteiger partial charge in [0.2, 0.25) is 5.91 Å². The lowest BCUT2D eigenvalue weighted by atomic mass is 9.75. The van der Waals surface area contributed by atoms with Crippen LogP contribution in [0.3, 0.4) is 0 Å². The molecule has 4 fully saturated rings. The number of hydrogen-bond donors (Lipinski definition) is 2. The molecular weight excluding hydrogens is 274 g/mol. The van der Waals surface area contributed by atoms with Gasteiger partial charge in [-0.25, -0.2) is 4.79 Å². The first kappa shape index (κ1) is 12.4.